The molecule has 16 heavy (non-hydrogen) atoms. The number of methoxy groups -OCH3 is 1. The third kappa shape index (κ3) is 3.19. The van der Waals surface area contributed by atoms with Crippen LogP contribution in [-0.2, 0) is 14.8 Å². The minimum absolute atomic E-state index is 0.244. The standard InChI is InChI=1S/C10H16N2O3S/c1-11-16(13,14)10-6-4-3-5-9(10)12-7-8-15-2/h3-6,11-12H,7-8H2,1-2H3. The van der Waals surface area contributed by atoms with Gasteiger partial charge in [0.1, 0.15) is 4.90 Å². The molecular weight excluding hydrogens is 228 g/mol. The Labute approximate surface area is 95.9 Å². The summed E-state index contributed by atoms with van der Waals surface area (Å²) in [5.41, 5.74) is 0.578. The van der Waals surface area contributed by atoms with E-state index in [1.165, 1.54) is 7.05 Å². The van der Waals surface area contributed by atoms with Crippen LogP contribution in [0.4, 0.5) is 5.69 Å². The number of nitrogens with one attached hydrogen (secondary N) is 2. The average Bonchev–Trinajstić information content (AvgIpc) is 2.30. The maximum Gasteiger partial charge on any atom is 0.242 e. The first-order valence-corrected chi connectivity index (χ1v) is 6.35. The van der Waals surface area contributed by atoms with Crippen molar-refractivity contribution in [2.75, 3.05) is 32.6 Å². The first kappa shape index (κ1) is 13.0. The highest BCUT2D eigenvalue weighted by Crippen LogP contribution is 2.19. The Hall–Kier alpha value is -1.11. The molecule has 5 nitrogen and oxygen atoms in total. The molecule has 0 fully saturated rings. The van der Waals surface area contributed by atoms with E-state index in [-0.39, 0.29) is 4.90 Å². The largest absolute Gasteiger partial charge is 0.383 e. The third-order valence-corrected chi connectivity index (χ3v) is 3.54. The second kappa shape index (κ2) is 5.83. The molecule has 0 atom stereocenters. The van der Waals surface area contributed by atoms with E-state index in [0.29, 0.717) is 18.8 Å². The van der Waals surface area contributed by atoms with Crippen LogP contribution in [0.3, 0.4) is 0 Å². The molecule has 0 aliphatic heterocycles. The molecule has 1 aromatic carbocycles. The van der Waals surface area contributed by atoms with Gasteiger partial charge in [0.15, 0.2) is 0 Å². The fourth-order valence-corrected chi connectivity index (χ4v) is 2.15. The van der Waals surface area contributed by atoms with Gasteiger partial charge >= 0.3 is 0 Å². The molecule has 90 valence electrons. The van der Waals surface area contributed by atoms with Gasteiger partial charge in [-0.2, -0.15) is 0 Å². The lowest BCUT2D eigenvalue weighted by Crippen LogP contribution is -2.20. The van der Waals surface area contributed by atoms with Crippen molar-refractivity contribution in [3.63, 3.8) is 0 Å². The van der Waals surface area contributed by atoms with E-state index in [1.54, 1.807) is 31.4 Å². The van der Waals surface area contributed by atoms with Crippen molar-refractivity contribution < 1.29 is 13.2 Å². The Kier molecular flexibility index (Phi) is 4.72. The molecule has 0 aromatic heterocycles. The van der Waals surface area contributed by atoms with Gasteiger partial charge < -0.3 is 10.1 Å². The van der Waals surface area contributed by atoms with Crippen LogP contribution in [0, 0.1) is 0 Å². The molecule has 1 rings (SSSR count). The van der Waals surface area contributed by atoms with Gasteiger partial charge in [-0.1, -0.05) is 12.1 Å². The van der Waals surface area contributed by atoms with Crippen LogP contribution >= 0.6 is 0 Å². The second-order valence-corrected chi connectivity index (χ2v) is 4.98. The Morgan fingerprint density at radius 1 is 1.31 bits per heavy atom. The Morgan fingerprint density at radius 2 is 2.00 bits per heavy atom. The quantitative estimate of drug-likeness (QED) is 0.721. The van der Waals surface area contributed by atoms with E-state index in [4.69, 9.17) is 4.74 Å². The maximum absolute atomic E-state index is 11.7. The lowest BCUT2D eigenvalue weighted by Gasteiger charge is -2.11. The fraction of sp³-hybridized carbons (Fsp3) is 0.400. The van der Waals surface area contributed by atoms with Crippen LogP contribution in [0.1, 0.15) is 0 Å². The molecule has 0 unspecified atom stereocenters. The summed E-state index contributed by atoms with van der Waals surface area (Å²) in [4.78, 5) is 0.244. The van der Waals surface area contributed by atoms with Gasteiger partial charge in [-0.25, -0.2) is 13.1 Å². The second-order valence-electron chi connectivity index (χ2n) is 3.12. The predicted molar refractivity (Wildman–Crippen MR) is 63.1 cm³/mol. The molecule has 0 spiro atoms. The van der Waals surface area contributed by atoms with Crippen LogP contribution in [0.5, 0.6) is 0 Å². The van der Waals surface area contributed by atoms with Crippen molar-refractivity contribution >= 4 is 15.7 Å². The zero-order chi connectivity index (χ0) is 12.0. The highest BCUT2D eigenvalue weighted by atomic mass is 32.2. The maximum atomic E-state index is 11.7. The summed E-state index contributed by atoms with van der Waals surface area (Å²) in [6.45, 7) is 1.08. The van der Waals surface area contributed by atoms with E-state index in [2.05, 4.69) is 10.0 Å². The van der Waals surface area contributed by atoms with E-state index in [0.717, 1.165) is 0 Å². The number of anilines is 1. The third-order valence-electron chi connectivity index (χ3n) is 2.07. The highest BCUT2D eigenvalue weighted by Gasteiger charge is 2.15. The number of ether oxygens (including phenoxy) is 1. The summed E-state index contributed by atoms with van der Waals surface area (Å²) in [5, 5.41) is 3.01. The van der Waals surface area contributed by atoms with Gasteiger partial charge in [0.2, 0.25) is 10.0 Å². The number of benzene rings is 1. The fourth-order valence-electron chi connectivity index (χ4n) is 1.24. The highest BCUT2D eigenvalue weighted by molar-refractivity contribution is 7.89. The van der Waals surface area contributed by atoms with Crippen LogP contribution in [-0.4, -0.2) is 35.7 Å². The zero-order valence-electron chi connectivity index (χ0n) is 9.36. The van der Waals surface area contributed by atoms with Crippen molar-refractivity contribution in [3.05, 3.63) is 24.3 Å². The lowest BCUT2D eigenvalue weighted by molar-refractivity contribution is 0.210. The summed E-state index contributed by atoms with van der Waals surface area (Å²) in [7, 11) is -0.434. The van der Waals surface area contributed by atoms with Crippen molar-refractivity contribution in [1.82, 2.24) is 4.72 Å². The van der Waals surface area contributed by atoms with Crippen LogP contribution < -0.4 is 10.0 Å². The molecule has 6 heteroatoms. The van der Waals surface area contributed by atoms with Gasteiger partial charge in [-0.15, -0.1) is 0 Å². The Morgan fingerprint density at radius 3 is 2.62 bits per heavy atom. The molecule has 0 amide bonds. The normalized spacial score (nSPS) is 11.4. The van der Waals surface area contributed by atoms with Crippen molar-refractivity contribution in [3.8, 4) is 0 Å². The molecule has 0 aliphatic carbocycles. The van der Waals surface area contributed by atoms with E-state index in [1.807, 2.05) is 0 Å². The van der Waals surface area contributed by atoms with E-state index >= 15 is 0 Å². The molecule has 0 aliphatic rings. The first-order valence-electron chi connectivity index (χ1n) is 4.87. The SMILES string of the molecule is CNS(=O)(=O)c1ccccc1NCCOC. The molecule has 0 bridgehead atoms. The molecule has 0 heterocycles. The summed E-state index contributed by atoms with van der Waals surface area (Å²) in [6.07, 6.45) is 0. The topological polar surface area (TPSA) is 67.4 Å². The molecular formula is C10H16N2O3S. The van der Waals surface area contributed by atoms with E-state index < -0.39 is 10.0 Å². The molecule has 0 radical (unpaired) electrons. The molecule has 1 aromatic rings. The predicted octanol–water partition coefficient (Wildman–Crippen LogP) is 0.653. The molecule has 0 saturated carbocycles. The Balaban J connectivity index is 2.92. The summed E-state index contributed by atoms with van der Waals surface area (Å²) < 4.78 is 30.5. The van der Waals surface area contributed by atoms with Gasteiger partial charge in [-0.05, 0) is 19.2 Å². The number of para-hydroxylation sites is 1. The van der Waals surface area contributed by atoms with Crippen LogP contribution in [0.2, 0.25) is 0 Å². The van der Waals surface area contributed by atoms with E-state index in [9.17, 15) is 8.42 Å². The first-order chi connectivity index (χ1) is 7.61. The number of sulfonamides is 1. The van der Waals surface area contributed by atoms with Gasteiger partial charge in [0.05, 0.1) is 12.3 Å². The van der Waals surface area contributed by atoms with Gasteiger partial charge in [0, 0.05) is 13.7 Å². The number of hydrogen-bond donors (Lipinski definition) is 2. The smallest absolute Gasteiger partial charge is 0.242 e. The molecule has 2 N–H and O–H groups in total. The zero-order valence-corrected chi connectivity index (χ0v) is 10.2. The summed E-state index contributed by atoms with van der Waals surface area (Å²) >= 11 is 0. The number of rotatable bonds is 6. The number of hydrogen-bond acceptors (Lipinski definition) is 4. The summed E-state index contributed by atoms with van der Waals surface area (Å²) in [5.74, 6) is 0. The minimum atomic E-state index is -3.42. The van der Waals surface area contributed by atoms with Crippen molar-refractivity contribution in [2.45, 2.75) is 4.90 Å². The van der Waals surface area contributed by atoms with Crippen LogP contribution in [0.15, 0.2) is 29.2 Å². The summed E-state index contributed by atoms with van der Waals surface area (Å²) in [6, 6.07) is 6.75. The lowest BCUT2D eigenvalue weighted by atomic mass is 10.3. The molecule has 0 saturated heterocycles. The van der Waals surface area contributed by atoms with Crippen LogP contribution in [0.25, 0.3) is 0 Å². The monoisotopic (exact) mass is 244 g/mol. The average molecular weight is 244 g/mol. The van der Waals surface area contributed by atoms with Gasteiger partial charge in [-0.3, -0.25) is 0 Å². The minimum Gasteiger partial charge on any atom is -0.383 e. The van der Waals surface area contributed by atoms with Crippen molar-refractivity contribution in [1.29, 1.82) is 0 Å². The van der Waals surface area contributed by atoms with Gasteiger partial charge in [0.25, 0.3) is 0 Å². The Bertz CT molecular complexity index is 431. The van der Waals surface area contributed by atoms with Crippen molar-refractivity contribution in [2.24, 2.45) is 0 Å².